The van der Waals surface area contributed by atoms with E-state index in [1.165, 1.54) is 0 Å². The van der Waals surface area contributed by atoms with Crippen LogP contribution in [0.3, 0.4) is 0 Å². The molecule has 0 aliphatic rings. The van der Waals surface area contributed by atoms with Crippen molar-refractivity contribution < 1.29 is 19.1 Å². The Morgan fingerprint density at radius 2 is 2.32 bits per heavy atom. The van der Waals surface area contributed by atoms with E-state index in [0.29, 0.717) is 5.75 Å². The summed E-state index contributed by atoms with van der Waals surface area (Å²) in [6.07, 6.45) is 0.170. The van der Waals surface area contributed by atoms with Crippen molar-refractivity contribution in [2.75, 3.05) is 12.4 Å². The SMILES string of the molecule is COc1cccc(Nc2nnc(CCC(=O)O)o2)c1. The minimum atomic E-state index is -0.902. The number of nitrogens with one attached hydrogen (secondary N) is 1. The number of hydrogen-bond donors (Lipinski definition) is 2. The van der Waals surface area contributed by atoms with Gasteiger partial charge in [0.25, 0.3) is 0 Å². The molecule has 0 spiro atoms. The van der Waals surface area contributed by atoms with Gasteiger partial charge in [-0.1, -0.05) is 11.2 Å². The van der Waals surface area contributed by atoms with Crippen molar-refractivity contribution in [2.24, 2.45) is 0 Å². The smallest absolute Gasteiger partial charge is 0.320 e. The number of anilines is 2. The standard InChI is InChI=1S/C12H13N3O4/c1-18-9-4-2-3-8(7-9)13-12-15-14-10(19-12)5-6-11(16)17/h2-4,7H,5-6H2,1H3,(H,13,15)(H,16,17). The summed E-state index contributed by atoms with van der Waals surface area (Å²) in [5, 5.41) is 19.0. The van der Waals surface area contributed by atoms with E-state index in [-0.39, 0.29) is 24.7 Å². The first kappa shape index (κ1) is 12.9. The van der Waals surface area contributed by atoms with Crippen LogP contribution >= 0.6 is 0 Å². The number of aromatic nitrogens is 2. The molecule has 1 heterocycles. The van der Waals surface area contributed by atoms with Gasteiger partial charge in [-0.05, 0) is 12.1 Å². The Balaban J connectivity index is 2.00. The van der Waals surface area contributed by atoms with Gasteiger partial charge in [0.1, 0.15) is 5.75 Å². The average molecular weight is 263 g/mol. The highest BCUT2D eigenvalue weighted by Crippen LogP contribution is 2.20. The molecular weight excluding hydrogens is 250 g/mol. The molecule has 19 heavy (non-hydrogen) atoms. The topological polar surface area (TPSA) is 97.5 Å². The predicted octanol–water partition coefficient (Wildman–Crippen LogP) is 1.84. The lowest BCUT2D eigenvalue weighted by Gasteiger charge is -2.03. The van der Waals surface area contributed by atoms with Crippen LogP contribution in [0.5, 0.6) is 5.75 Å². The number of hydrogen-bond acceptors (Lipinski definition) is 6. The number of methoxy groups -OCH3 is 1. The minimum absolute atomic E-state index is 0.0409. The summed E-state index contributed by atoms with van der Waals surface area (Å²) >= 11 is 0. The highest BCUT2D eigenvalue weighted by molar-refractivity contribution is 5.66. The fraction of sp³-hybridized carbons (Fsp3) is 0.250. The van der Waals surface area contributed by atoms with Crippen molar-refractivity contribution >= 4 is 17.7 Å². The molecule has 7 heteroatoms. The van der Waals surface area contributed by atoms with Crippen molar-refractivity contribution in [3.05, 3.63) is 30.2 Å². The average Bonchev–Trinajstić information content (AvgIpc) is 2.84. The van der Waals surface area contributed by atoms with E-state index < -0.39 is 5.97 Å². The first-order chi connectivity index (χ1) is 9.17. The number of nitrogens with zero attached hydrogens (tertiary/aromatic N) is 2. The van der Waals surface area contributed by atoms with Gasteiger partial charge >= 0.3 is 12.0 Å². The summed E-state index contributed by atoms with van der Waals surface area (Å²) in [4.78, 5) is 10.4. The molecule has 0 unspecified atom stereocenters. The zero-order chi connectivity index (χ0) is 13.7. The highest BCUT2D eigenvalue weighted by atomic mass is 16.5. The number of carboxylic acids is 1. The second-order valence-corrected chi connectivity index (χ2v) is 3.75. The quantitative estimate of drug-likeness (QED) is 0.820. The van der Waals surface area contributed by atoms with Gasteiger partial charge in [-0.15, -0.1) is 5.10 Å². The molecule has 0 bridgehead atoms. The van der Waals surface area contributed by atoms with E-state index in [0.717, 1.165) is 5.69 Å². The van der Waals surface area contributed by atoms with E-state index >= 15 is 0 Å². The van der Waals surface area contributed by atoms with E-state index in [9.17, 15) is 4.79 Å². The Morgan fingerprint density at radius 1 is 1.47 bits per heavy atom. The molecule has 100 valence electrons. The van der Waals surface area contributed by atoms with Crippen LogP contribution in [-0.4, -0.2) is 28.4 Å². The van der Waals surface area contributed by atoms with Crippen molar-refractivity contribution in [1.29, 1.82) is 0 Å². The van der Waals surface area contributed by atoms with E-state index in [1.54, 1.807) is 13.2 Å². The third-order valence-electron chi connectivity index (χ3n) is 2.34. The largest absolute Gasteiger partial charge is 0.497 e. The lowest BCUT2D eigenvalue weighted by atomic mass is 10.3. The van der Waals surface area contributed by atoms with Gasteiger partial charge in [-0.25, -0.2) is 0 Å². The number of carboxylic acid groups (broad SMARTS) is 1. The van der Waals surface area contributed by atoms with Gasteiger partial charge in [0, 0.05) is 18.2 Å². The Hall–Kier alpha value is -2.57. The number of rotatable bonds is 6. The van der Waals surface area contributed by atoms with Crippen LogP contribution in [0, 0.1) is 0 Å². The van der Waals surface area contributed by atoms with Crippen molar-refractivity contribution in [3.8, 4) is 5.75 Å². The molecule has 0 atom stereocenters. The molecule has 7 nitrogen and oxygen atoms in total. The Labute approximate surface area is 109 Å². The Kier molecular flexibility index (Phi) is 3.97. The van der Waals surface area contributed by atoms with E-state index in [4.69, 9.17) is 14.3 Å². The molecule has 0 amide bonds. The normalized spacial score (nSPS) is 10.2. The van der Waals surface area contributed by atoms with Crippen LogP contribution in [0.15, 0.2) is 28.7 Å². The van der Waals surface area contributed by atoms with E-state index in [2.05, 4.69) is 15.5 Å². The van der Waals surface area contributed by atoms with Crippen molar-refractivity contribution in [1.82, 2.24) is 10.2 Å². The Morgan fingerprint density at radius 3 is 3.05 bits per heavy atom. The van der Waals surface area contributed by atoms with Gasteiger partial charge < -0.3 is 19.6 Å². The van der Waals surface area contributed by atoms with Gasteiger partial charge in [0.05, 0.1) is 13.5 Å². The van der Waals surface area contributed by atoms with Crippen molar-refractivity contribution in [2.45, 2.75) is 12.8 Å². The van der Waals surface area contributed by atoms with Crippen LogP contribution in [0.1, 0.15) is 12.3 Å². The fourth-order valence-electron chi connectivity index (χ4n) is 1.44. The predicted molar refractivity (Wildman–Crippen MR) is 66.5 cm³/mol. The summed E-state index contributed by atoms with van der Waals surface area (Å²) in [6.45, 7) is 0. The molecule has 0 aliphatic carbocycles. The molecule has 0 saturated heterocycles. The molecule has 1 aromatic heterocycles. The van der Waals surface area contributed by atoms with E-state index in [1.807, 2.05) is 18.2 Å². The number of aryl methyl sites for hydroxylation is 1. The summed E-state index contributed by atoms with van der Waals surface area (Å²) in [5.41, 5.74) is 0.743. The van der Waals surface area contributed by atoms with Crippen LogP contribution < -0.4 is 10.1 Å². The first-order valence-electron chi connectivity index (χ1n) is 5.62. The molecular formula is C12H13N3O4. The number of benzene rings is 1. The molecule has 2 rings (SSSR count). The summed E-state index contributed by atoms with van der Waals surface area (Å²) in [6, 6.07) is 7.46. The maximum Gasteiger partial charge on any atom is 0.320 e. The fourth-order valence-corrected chi connectivity index (χ4v) is 1.44. The summed E-state index contributed by atoms with van der Waals surface area (Å²) < 4.78 is 10.4. The number of aliphatic carboxylic acids is 1. The van der Waals surface area contributed by atoms with Crippen LogP contribution in [0.25, 0.3) is 0 Å². The van der Waals surface area contributed by atoms with Crippen molar-refractivity contribution in [3.63, 3.8) is 0 Å². The third kappa shape index (κ3) is 3.70. The zero-order valence-electron chi connectivity index (χ0n) is 10.3. The molecule has 2 aromatic rings. The second-order valence-electron chi connectivity index (χ2n) is 3.75. The molecule has 0 saturated carbocycles. The lowest BCUT2D eigenvalue weighted by Crippen LogP contribution is -1.97. The van der Waals surface area contributed by atoms with Gasteiger partial charge in [0.2, 0.25) is 5.89 Å². The second kappa shape index (κ2) is 5.85. The number of carbonyl (C=O) groups is 1. The Bertz CT molecular complexity index is 568. The van der Waals surface area contributed by atoms with Gasteiger partial charge in [-0.2, -0.15) is 0 Å². The molecule has 2 N–H and O–H groups in total. The molecule has 0 radical (unpaired) electrons. The monoisotopic (exact) mass is 263 g/mol. The highest BCUT2D eigenvalue weighted by Gasteiger charge is 2.08. The van der Waals surface area contributed by atoms with Crippen LogP contribution in [0.2, 0.25) is 0 Å². The summed E-state index contributed by atoms with van der Waals surface area (Å²) in [5.74, 6) is 0.0870. The van der Waals surface area contributed by atoms with Gasteiger partial charge in [-0.3, -0.25) is 4.79 Å². The zero-order valence-corrected chi connectivity index (χ0v) is 10.3. The first-order valence-corrected chi connectivity index (χ1v) is 5.62. The maximum absolute atomic E-state index is 10.4. The third-order valence-corrected chi connectivity index (χ3v) is 2.34. The summed E-state index contributed by atoms with van der Waals surface area (Å²) in [7, 11) is 1.58. The van der Waals surface area contributed by atoms with Crippen LogP contribution in [-0.2, 0) is 11.2 Å². The number of ether oxygens (including phenoxy) is 1. The minimum Gasteiger partial charge on any atom is -0.497 e. The molecule has 0 fully saturated rings. The molecule has 0 aliphatic heterocycles. The van der Waals surface area contributed by atoms with Crippen LogP contribution in [0.4, 0.5) is 11.7 Å². The molecule has 1 aromatic carbocycles. The van der Waals surface area contributed by atoms with Gasteiger partial charge in [0.15, 0.2) is 0 Å². The maximum atomic E-state index is 10.4. The lowest BCUT2D eigenvalue weighted by molar-refractivity contribution is -0.137.